The zero-order valence-corrected chi connectivity index (χ0v) is 9.83. The van der Waals surface area contributed by atoms with E-state index >= 15 is 0 Å². The molecule has 0 radical (unpaired) electrons. The summed E-state index contributed by atoms with van der Waals surface area (Å²) in [4.78, 5) is 11.2. The normalized spacial score (nSPS) is 13.6. The zero-order valence-electron chi connectivity index (χ0n) is 9.01. The van der Waals surface area contributed by atoms with Crippen molar-refractivity contribution in [1.82, 2.24) is 5.32 Å². The number of amides is 1. The molecule has 0 spiro atoms. The second-order valence-electron chi connectivity index (χ2n) is 3.78. The molecule has 1 atom stereocenters. The molecule has 0 saturated carbocycles. The summed E-state index contributed by atoms with van der Waals surface area (Å²) < 4.78 is 5.11. The highest BCUT2D eigenvalue weighted by molar-refractivity contribution is 7.99. The van der Waals surface area contributed by atoms with Gasteiger partial charge in [0.15, 0.2) is 0 Å². The lowest BCUT2D eigenvalue weighted by atomic mass is 10.2. The Morgan fingerprint density at radius 2 is 2.08 bits per heavy atom. The Morgan fingerprint density at radius 1 is 1.54 bits per heavy atom. The second kappa shape index (κ2) is 5.37. The van der Waals surface area contributed by atoms with Crippen LogP contribution in [-0.2, 0) is 4.74 Å². The van der Waals surface area contributed by atoms with Crippen LogP contribution >= 0.6 is 11.8 Å². The molecule has 0 aromatic heterocycles. The molecule has 13 heavy (non-hydrogen) atoms. The Labute approximate surface area is 84.6 Å². The van der Waals surface area contributed by atoms with Crippen LogP contribution in [0.25, 0.3) is 0 Å². The summed E-state index contributed by atoms with van der Waals surface area (Å²) in [6, 6.07) is 0. The van der Waals surface area contributed by atoms with E-state index in [9.17, 15) is 4.79 Å². The van der Waals surface area contributed by atoms with Gasteiger partial charge in [0.1, 0.15) is 5.60 Å². The number of ether oxygens (including phenoxy) is 1. The quantitative estimate of drug-likeness (QED) is 0.720. The van der Waals surface area contributed by atoms with Gasteiger partial charge in [0, 0.05) is 0 Å². The molecule has 0 aliphatic rings. The molecule has 0 aliphatic heterocycles. The van der Waals surface area contributed by atoms with Gasteiger partial charge in [-0.2, -0.15) is 0 Å². The van der Waals surface area contributed by atoms with Crippen molar-refractivity contribution in [2.24, 2.45) is 0 Å². The molecule has 0 heterocycles. The van der Waals surface area contributed by atoms with Gasteiger partial charge in [-0.15, -0.1) is 11.8 Å². The molecule has 0 aromatic rings. The van der Waals surface area contributed by atoms with Crippen molar-refractivity contribution in [3.05, 3.63) is 0 Å². The molecule has 78 valence electrons. The lowest BCUT2D eigenvalue weighted by Crippen LogP contribution is -2.37. The molecule has 1 unspecified atom stereocenters. The molecular formula is C9H19NO2S. The first kappa shape index (κ1) is 12.6. The van der Waals surface area contributed by atoms with Crippen molar-refractivity contribution < 1.29 is 9.53 Å². The van der Waals surface area contributed by atoms with E-state index in [2.05, 4.69) is 5.32 Å². The first-order valence-corrected chi connectivity index (χ1v) is 5.70. The van der Waals surface area contributed by atoms with Crippen molar-refractivity contribution in [2.45, 2.75) is 45.1 Å². The molecule has 0 bridgehead atoms. The first-order chi connectivity index (χ1) is 5.89. The number of nitrogens with one attached hydrogen (secondary N) is 1. The molecule has 1 amide bonds. The van der Waals surface area contributed by atoms with E-state index in [1.165, 1.54) is 0 Å². The van der Waals surface area contributed by atoms with Crippen molar-refractivity contribution in [3.63, 3.8) is 0 Å². The average molecular weight is 205 g/mol. The maximum atomic E-state index is 11.2. The molecule has 0 saturated heterocycles. The Balaban J connectivity index is 3.86. The third-order valence-electron chi connectivity index (χ3n) is 1.33. The zero-order chi connectivity index (χ0) is 10.5. The Kier molecular flexibility index (Phi) is 5.21. The van der Waals surface area contributed by atoms with E-state index in [0.717, 1.165) is 6.42 Å². The van der Waals surface area contributed by atoms with E-state index in [-0.39, 0.29) is 11.5 Å². The summed E-state index contributed by atoms with van der Waals surface area (Å²) in [6.07, 6.45) is 2.53. The fourth-order valence-electron chi connectivity index (χ4n) is 0.767. The van der Waals surface area contributed by atoms with E-state index < -0.39 is 5.60 Å². The van der Waals surface area contributed by atoms with Crippen LogP contribution in [0.5, 0.6) is 0 Å². The van der Waals surface area contributed by atoms with E-state index in [1.54, 1.807) is 11.8 Å². The van der Waals surface area contributed by atoms with Crippen molar-refractivity contribution in [2.75, 3.05) is 6.26 Å². The van der Waals surface area contributed by atoms with Crippen molar-refractivity contribution in [3.8, 4) is 0 Å². The van der Waals surface area contributed by atoms with Crippen molar-refractivity contribution in [1.29, 1.82) is 0 Å². The van der Waals surface area contributed by atoms with Crippen LogP contribution in [0.1, 0.15) is 34.1 Å². The molecule has 1 N–H and O–H groups in total. The van der Waals surface area contributed by atoms with Crippen LogP contribution in [0.2, 0.25) is 0 Å². The van der Waals surface area contributed by atoms with Gasteiger partial charge < -0.3 is 10.1 Å². The molecule has 0 aromatic carbocycles. The van der Waals surface area contributed by atoms with Crippen LogP contribution in [0, 0.1) is 0 Å². The smallest absolute Gasteiger partial charge is 0.408 e. The maximum absolute atomic E-state index is 11.2. The number of hydrogen-bond donors (Lipinski definition) is 1. The minimum Gasteiger partial charge on any atom is -0.444 e. The lowest BCUT2D eigenvalue weighted by Gasteiger charge is -2.22. The SMILES string of the molecule is CCC(NC(=O)OC(C)(C)C)SC. The summed E-state index contributed by atoms with van der Waals surface area (Å²) in [6.45, 7) is 7.59. The Morgan fingerprint density at radius 3 is 2.38 bits per heavy atom. The number of rotatable bonds is 3. The highest BCUT2D eigenvalue weighted by Crippen LogP contribution is 2.10. The minimum absolute atomic E-state index is 0.148. The van der Waals surface area contributed by atoms with Gasteiger partial charge in [-0.3, -0.25) is 0 Å². The van der Waals surface area contributed by atoms with E-state index in [0.29, 0.717) is 0 Å². The van der Waals surface area contributed by atoms with Crippen LogP contribution in [0.3, 0.4) is 0 Å². The lowest BCUT2D eigenvalue weighted by molar-refractivity contribution is 0.0521. The summed E-state index contributed by atoms with van der Waals surface area (Å²) in [5.74, 6) is 0. The average Bonchev–Trinajstić information content (AvgIpc) is 1.96. The van der Waals surface area contributed by atoms with E-state index in [4.69, 9.17) is 4.74 Å². The van der Waals surface area contributed by atoms with Crippen molar-refractivity contribution >= 4 is 17.9 Å². The predicted molar refractivity (Wildman–Crippen MR) is 57.0 cm³/mol. The number of carbonyl (C=O) groups excluding carboxylic acids is 1. The molecule has 0 aliphatic carbocycles. The van der Waals surface area contributed by atoms with Gasteiger partial charge in [-0.1, -0.05) is 6.92 Å². The molecule has 0 fully saturated rings. The van der Waals surface area contributed by atoms with Gasteiger partial charge in [-0.25, -0.2) is 4.79 Å². The maximum Gasteiger partial charge on any atom is 0.408 e. The van der Waals surface area contributed by atoms with Gasteiger partial charge in [-0.05, 0) is 33.4 Å². The third kappa shape index (κ3) is 6.75. The minimum atomic E-state index is -0.416. The molecule has 0 rings (SSSR count). The molecule has 3 nitrogen and oxygen atoms in total. The first-order valence-electron chi connectivity index (χ1n) is 4.41. The summed E-state index contributed by atoms with van der Waals surface area (Å²) in [5, 5.41) is 2.92. The van der Waals surface area contributed by atoms with E-state index in [1.807, 2.05) is 34.0 Å². The highest BCUT2D eigenvalue weighted by Gasteiger charge is 2.17. The van der Waals surface area contributed by atoms with Gasteiger partial charge in [0.05, 0.1) is 5.37 Å². The molecular weight excluding hydrogens is 186 g/mol. The van der Waals surface area contributed by atoms with Crippen LogP contribution in [-0.4, -0.2) is 23.3 Å². The number of hydrogen-bond acceptors (Lipinski definition) is 3. The fraction of sp³-hybridized carbons (Fsp3) is 0.889. The van der Waals surface area contributed by atoms with Gasteiger partial charge in [0.25, 0.3) is 0 Å². The Hall–Kier alpha value is -0.380. The highest BCUT2D eigenvalue weighted by atomic mass is 32.2. The molecule has 4 heteroatoms. The number of carbonyl (C=O) groups is 1. The van der Waals surface area contributed by atoms with Gasteiger partial charge in [0.2, 0.25) is 0 Å². The summed E-state index contributed by atoms with van der Waals surface area (Å²) in [7, 11) is 0. The van der Waals surface area contributed by atoms with Crippen LogP contribution in [0.4, 0.5) is 4.79 Å². The Bertz CT molecular complexity index is 161. The fourth-order valence-corrected chi connectivity index (χ4v) is 1.31. The number of alkyl carbamates (subject to hydrolysis) is 1. The standard InChI is InChI=1S/C9H19NO2S/c1-6-7(13-5)10-8(11)12-9(2,3)4/h7H,6H2,1-5H3,(H,10,11). The number of thioether (sulfide) groups is 1. The topological polar surface area (TPSA) is 38.3 Å². The second-order valence-corrected chi connectivity index (χ2v) is 4.82. The largest absolute Gasteiger partial charge is 0.444 e. The van der Waals surface area contributed by atoms with Crippen LogP contribution < -0.4 is 5.32 Å². The summed E-state index contributed by atoms with van der Waals surface area (Å²) >= 11 is 1.61. The summed E-state index contributed by atoms with van der Waals surface area (Å²) in [5.41, 5.74) is -0.416. The predicted octanol–water partition coefficient (Wildman–Crippen LogP) is 2.61. The van der Waals surface area contributed by atoms with Crippen LogP contribution in [0.15, 0.2) is 0 Å². The third-order valence-corrected chi connectivity index (χ3v) is 2.35. The van der Waals surface area contributed by atoms with Gasteiger partial charge >= 0.3 is 6.09 Å². The monoisotopic (exact) mass is 205 g/mol.